The van der Waals surface area contributed by atoms with Crippen molar-refractivity contribution < 1.29 is 9.59 Å². The van der Waals surface area contributed by atoms with Gasteiger partial charge in [0.05, 0.1) is 11.3 Å². The Morgan fingerprint density at radius 2 is 1.43 bits per heavy atom. The SMILES string of the molecule is Cc1cc(C)cc(N2C(=O)C(c3ccc(Cl)cc3)=C(N3CC(C)CC(C)C3)C2=O)c1. The molecule has 4 rings (SSSR count). The average molecular weight is 423 g/mol. The summed E-state index contributed by atoms with van der Waals surface area (Å²) in [4.78, 5) is 30.8. The summed E-state index contributed by atoms with van der Waals surface area (Å²) < 4.78 is 0. The highest BCUT2D eigenvalue weighted by molar-refractivity contribution is 6.45. The lowest BCUT2D eigenvalue weighted by atomic mass is 9.91. The first-order valence-corrected chi connectivity index (χ1v) is 10.8. The first kappa shape index (κ1) is 20.7. The highest BCUT2D eigenvalue weighted by Gasteiger charge is 2.43. The summed E-state index contributed by atoms with van der Waals surface area (Å²) in [5.41, 5.74) is 4.38. The van der Waals surface area contributed by atoms with Crippen LogP contribution in [0.3, 0.4) is 0 Å². The fraction of sp³-hybridized carbons (Fsp3) is 0.360. The molecule has 2 amide bonds. The third-order valence-electron chi connectivity index (χ3n) is 5.84. The number of hydrogen-bond acceptors (Lipinski definition) is 3. The molecule has 0 aromatic heterocycles. The van der Waals surface area contributed by atoms with Crippen LogP contribution in [0.1, 0.15) is 37.0 Å². The molecule has 1 saturated heterocycles. The fourth-order valence-corrected chi connectivity index (χ4v) is 4.97. The number of rotatable bonds is 3. The van der Waals surface area contributed by atoms with E-state index in [-0.39, 0.29) is 11.8 Å². The van der Waals surface area contributed by atoms with Gasteiger partial charge in [-0.1, -0.05) is 43.6 Å². The maximum Gasteiger partial charge on any atom is 0.282 e. The second-order valence-corrected chi connectivity index (χ2v) is 9.31. The van der Waals surface area contributed by atoms with E-state index >= 15 is 0 Å². The monoisotopic (exact) mass is 422 g/mol. The number of imide groups is 1. The van der Waals surface area contributed by atoms with Crippen molar-refractivity contribution in [3.05, 3.63) is 69.9 Å². The van der Waals surface area contributed by atoms with E-state index in [9.17, 15) is 9.59 Å². The van der Waals surface area contributed by atoms with Crippen LogP contribution < -0.4 is 4.90 Å². The summed E-state index contributed by atoms with van der Waals surface area (Å²) in [6.07, 6.45) is 1.13. The van der Waals surface area contributed by atoms with Gasteiger partial charge in [-0.15, -0.1) is 0 Å². The van der Waals surface area contributed by atoms with Crippen molar-refractivity contribution in [2.24, 2.45) is 11.8 Å². The molecule has 2 unspecified atom stereocenters. The molecule has 5 heteroatoms. The van der Waals surface area contributed by atoms with Gasteiger partial charge in [-0.2, -0.15) is 0 Å². The number of amides is 2. The van der Waals surface area contributed by atoms with Crippen molar-refractivity contribution in [2.45, 2.75) is 34.1 Å². The third-order valence-corrected chi connectivity index (χ3v) is 6.09. The lowest BCUT2D eigenvalue weighted by Crippen LogP contribution is -2.42. The van der Waals surface area contributed by atoms with E-state index < -0.39 is 0 Å². The zero-order valence-corrected chi connectivity index (χ0v) is 18.7. The summed E-state index contributed by atoms with van der Waals surface area (Å²) >= 11 is 6.08. The van der Waals surface area contributed by atoms with E-state index in [1.807, 2.05) is 44.2 Å². The van der Waals surface area contributed by atoms with Crippen molar-refractivity contribution >= 4 is 34.7 Å². The molecule has 1 fully saturated rings. The molecule has 0 radical (unpaired) electrons. The van der Waals surface area contributed by atoms with E-state index in [1.165, 1.54) is 4.90 Å². The largest absolute Gasteiger partial charge is 0.366 e. The second kappa shape index (κ2) is 7.92. The summed E-state index contributed by atoms with van der Waals surface area (Å²) in [6, 6.07) is 13.0. The van der Waals surface area contributed by atoms with Crippen LogP contribution in [0.25, 0.3) is 5.57 Å². The quantitative estimate of drug-likeness (QED) is 0.637. The molecular formula is C25H27ClN2O2. The predicted octanol–water partition coefficient (Wildman–Crippen LogP) is 5.22. The molecule has 2 aromatic rings. The number of likely N-dealkylation sites (tertiary alicyclic amines) is 1. The zero-order valence-electron chi connectivity index (χ0n) is 17.9. The molecule has 0 N–H and O–H groups in total. The molecule has 0 bridgehead atoms. The lowest BCUT2D eigenvalue weighted by Gasteiger charge is -2.37. The van der Waals surface area contributed by atoms with Crippen LogP contribution in [0.2, 0.25) is 5.02 Å². The number of aryl methyl sites for hydroxylation is 2. The second-order valence-electron chi connectivity index (χ2n) is 8.87. The number of hydrogen-bond donors (Lipinski definition) is 0. The molecule has 2 aliphatic heterocycles. The minimum atomic E-state index is -0.270. The van der Waals surface area contributed by atoms with Crippen molar-refractivity contribution in [1.29, 1.82) is 0 Å². The molecule has 30 heavy (non-hydrogen) atoms. The van der Waals surface area contributed by atoms with Crippen LogP contribution in [0.15, 0.2) is 48.2 Å². The van der Waals surface area contributed by atoms with Crippen LogP contribution in [-0.4, -0.2) is 29.8 Å². The van der Waals surface area contributed by atoms with Gasteiger partial charge in [-0.25, -0.2) is 4.90 Å². The van der Waals surface area contributed by atoms with Crippen molar-refractivity contribution in [3.63, 3.8) is 0 Å². The molecule has 156 valence electrons. The standard InChI is InChI=1S/C25H27ClN2O2/c1-15-9-16(2)12-21(11-15)28-24(29)22(19-5-7-20(26)8-6-19)23(25(28)30)27-13-17(3)10-18(4)14-27/h5-9,11-12,17-18H,10,13-14H2,1-4H3. The van der Waals surface area contributed by atoms with Crippen LogP contribution in [0, 0.1) is 25.7 Å². The molecule has 0 aliphatic carbocycles. The van der Waals surface area contributed by atoms with Crippen LogP contribution in [-0.2, 0) is 9.59 Å². The first-order valence-electron chi connectivity index (χ1n) is 10.5. The molecular weight excluding hydrogens is 396 g/mol. The van der Waals surface area contributed by atoms with Crippen molar-refractivity contribution in [2.75, 3.05) is 18.0 Å². The Kier molecular flexibility index (Phi) is 5.46. The maximum absolute atomic E-state index is 13.7. The van der Waals surface area contributed by atoms with Gasteiger partial charge in [0, 0.05) is 18.1 Å². The number of carbonyl (C=O) groups is 2. The Labute approximate surface area is 183 Å². The summed E-state index contributed by atoms with van der Waals surface area (Å²) in [6.45, 7) is 9.91. The van der Waals surface area contributed by atoms with Crippen LogP contribution >= 0.6 is 11.6 Å². The number of benzene rings is 2. The number of halogens is 1. The molecule has 2 aliphatic rings. The van der Waals surface area contributed by atoms with Gasteiger partial charge >= 0.3 is 0 Å². The molecule has 0 spiro atoms. The van der Waals surface area contributed by atoms with Crippen LogP contribution in [0.5, 0.6) is 0 Å². The van der Waals surface area contributed by atoms with Gasteiger partial charge in [0.15, 0.2) is 0 Å². The van der Waals surface area contributed by atoms with Gasteiger partial charge in [0.25, 0.3) is 11.8 Å². The highest BCUT2D eigenvalue weighted by Crippen LogP contribution is 2.38. The maximum atomic E-state index is 13.7. The average Bonchev–Trinajstić information content (AvgIpc) is 2.91. The van der Waals surface area contributed by atoms with Gasteiger partial charge in [0.2, 0.25) is 0 Å². The van der Waals surface area contributed by atoms with Gasteiger partial charge in [-0.3, -0.25) is 9.59 Å². The highest BCUT2D eigenvalue weighted by atomic mass is 35.5. The number of piperidine rings is 1. The van der Waals surface area contributed by atoms with Crippen LogP contribution in [0.4, 0.5) is 5.69 Å². The Morgan fingerprint density at radius 3 is 2.00 bits per heavy atom. The smallest absolute Gasteiger partial charge is 0.282 e. The Hall–Kier alpha value is -2.59. The Balaban J connectivity index is 1.85. The molecule has 2 aromatic carbocycles. The third kappa shape index (κ3) is 3.77. The molecule has 0 saturated carbocycles. The molecule has 2 atom stereocenters. The number of nitrogens with zero attached hydrogens (tertiary/aromatic N) is 2. The van der Waals surface area contributed by atoms with Gasteiger partial charge in [0.1, 0.15) is 5.70 Å². The summed E-state index contributed by atoms with van der Waals surface area (Å²) in [7, 11) is 0. The Morgan fingerprint density at radius 1 is 0.867 bits per heavy atom. The molecule has 4 nitrogen and oxygen atoms in total. The summed E-state index contributed by atoms with van der Waals surface area (Å²) in [5.74, 6) is 0.418. The molecule has 2 heterocycles. The number of anilines is 1. The van der Waals surface area contributed by atoms with E-state index in [0.717, 1.165) is 36.2 Å². The van der Waals surface area contributed by atoms with Crippen molar-refractivity contribution in [3.8, 4) is 0 Å². The fourth-order valence-electron chi connectivity index (χ4n) is 4.85. The Bertz CT molecular complexity index is 1010. The topological polar surface area (TPSA) is 40.6 Å². The van der Waals surface area contributed by atoms with E-state index in [2.05, 4.69) is 18.7 Å². The van der Waals surface area contributed by atoms with Crippen molar-refractivity contribution in [1.82, 2.24) is 4.90 Å². The van der Waals surface area contributed by atoms with Gasteiger partial charge in [-0.05, 0) is 73.1 Å². The van der Waals surface area contributed by atoms with E-state index in [1.54, 1.807) is 12.1 Å². The van der Waals surface area contributed by atoms with E-state index in [4.69, 9.17) is 11.6 Å². The van der Waals surface area contributed by atoms with E-state index in [0.29, 0.717) is 33.8 Å². The minimum Gasteiger partial charge on any atom is -0.366 e. The minimum absolute atomic E-state index is 0.240. The first-order chi connectivity index (χ1) is 14.2. The normalized spacial score (nSPS) is 22.3. The number of carbonyl (C=O) groups excluding carboxylic acids is 2. The predicted molar refractivity (Wildman–Crippen MR) is 121 cm³/mol. The summed E-state index contributed by atoms with van der Waals surface area (Å²) in [5, 5.41) is 0.601. The lowest BCUT2D eigenvalue weighted by molar-refractivity contribution is -0.120. The van der Waals surface area contributed by atoms with Gasteiger partial charge < -0.3 is 4.90 Å². The zero-order chi connectivity index (χ0) is 21.6.